The second-order valence-electron chi connectivity index (χ2n) is 5.68. The van der Waals surface area contributed by atoms with Crippen LogP contribution in [-0.2, 0) is 4.74 Å². The third-order valence-electron chi connectivity index (χ3n) is 3.91. The Hall–Kier alpha value is -1.50. The number of thiazole rings is 1. The van der Waals surface area contributed by atoms with Crippen LogP contribution in [0.25, 0.3) is 21.3 Å². The Labute approximate surface area is 143 Å². The average Bonchev–Trinajstić information content (AvgIpc) is 3.03. The number of thioether (sulfide) groups is 1. The standard InChI is InChI=1S/C17H17N3OS2/c1-11-8-13-9-12(2-3-15(13)20-19-11)16-10-18-17(23-16)22-14-4-6-21-7-5-14/h2-3,8-10,14H,4-7H2,1H3. The Kier molecular flexibility index (Phi) is 4.29. The highest BCUT2D eigenvalue weighted by Gasteiger charge is 2.17. The van der Waals surface area contributed by atoms with Crippen molar-refractivity contribution in [2.45, 2.75) is 29.4 Å². The molecule has 1 saturated heterocycles. The van der Waals surface area contributed by atoms with E-state index in [1.54, 1.807) is 11.3 Å². The number of aryl methyl sites for hydroxylation is 1. The normalized spacial score (nSPS) is 16.0. The van der Waals surface area contributed by atoms with Crippen LogP contribution in [0.15, 0.2) is 34.8 Å². The lowest BCUT2D eigenvalue weighted by Gasteiger charge is -2.19. The van der Waals surface area contributed by atoms with Gasteiger partial charge in [-0.2, -0.15) is 10.2 Å². The maximum absolute atomic E-state index is 5.42. The topological polar surface area (TPSA) is 47.9 Å². The van der Waals surface area contributed by atoms with Gasteiger partial charge < -0.3 is 4.74 Å². The predicted octanol–water partition coefficient (Wildman–Crippen LogP) is 4.33. The first-order valence-electron chi connectivity index (χ1n) is 7.73. The van der Waals surface area contributed by atoms with E-state index in [0.29, 0.717) is 5.25 Å². The van der Waals surface area contributed by atoms with Gasteiger partial charge in [-0.05, 0) is 43.5 Å². The zero-order valence-electron chi connectivity index (χ0n) is 12.9. The molecule has 4 rings (SSSR count). The molecule has 1 aliphatic rings. The molecule has 0 saturated carbocycles. The molecule has 118 valence electrons. The quantitative estimate of drug-likeness (QED) is 0.708. The summed E-state index contributed by atoms with van der Waals surface area (Å²) in [6, 6.07) is 8.38. The van der Waals surface area contributed by atoms with Crippen molar-refractivity contribution < 1.29 is 4.74 Å². The number of ether oxygens (including phenoxy) is 1. The monoisotopic (exact) mass is 343 g/mol. The molecule has 0 atom stereocenters. The van der Waals surface area contributed by atoms with Crippen molar-refractivity contribution in [2.24, 2.45) is 0 Å². The van der Waals surface area contributed by atoms with Crippen molar-refractivity contribution in [2.75, 3.05) is 13.2 Å². The van der Waals surface area contributed by atoms with E-state index < -0.39 is 0 Å². The number of benzene rings is 1. The summed E-state index contributed by atoms with van der Waals surface area (Å²) < 4.78 is 6.57. The van der Waals surface area contributed by atoms with E-state index in [1.807, 2.05) is 30.9 Å². The Morgan fingerprint density at radius 2 is 2.04 bits per heavy atom. The molecular weight excluding hydrogens is 326 g/mol. The fourth-order valence-corrected chi connectivity index (χ4v) is 5.02. The molecule has 0 aliphatic carbocycles. The van der Waals surface area contributed by atoms with Crippen molar-refractivity contribution in [1.82, 2.24) is 15.2 Å². The van der Waals surface area contributed by atoms with E-state index in [9.17, 15) is 0 Å². The van der Waals surface area contributed by atoms with Crippen LogP contribution in [0.1, 0.15) is 18.5 Å². The Morgan fingerprint density at radius 3 is 2.91 bits per heavy atom. The van der Waals surface area contributed by atoms with Gasteiger partial charge in [0.25, 0.3) is 0 Å². The molecule has 1 fully saturated rings. The lowest BCUT2D eigenvalue weighted by atomic mass is 10.1. The first kappa shape index (κ1) is 15.1. The summed E-state index contributed by atoms with van der Waals surface area (Å²) in [7, 11) is 0. The molecule has 0 radical (unpaired) electrons. The minimum atomic E-state index is 0.636. The molecular formula is C17H17N3OS2. The fraction of sp³-hybridized carbons (Fsp3) is 0.353. The van der Waals surface area contributed by atoms with Crippen LogP contribution >= 0.6 is 23.1 Å². The van der Waals surface area contributed by atoms with Gasteiger partial charge in [0.05, 0.1) is 16.1 Å². The summed E-state index contributed by atoms with van der Waals surface area (Å²) in [4.78, 5) is 5.80. The molecule has 0 N–H and O–H groups in total. The minimum absolute atomic E-state index is 0.636. The minimum Gasteiger partial charge on any atom is -0.381 e. The highest BCUT2D eigenvalue weighted by Crippen LogP contribution is 2.36. The number of hydrogen-bond donors (Lipinski definition) is 0. The highest BCUT2D eigenvalue weighted by molar-refractivity contribution is 8.01. The number of aromatic nitrogens is 3. The van der Waals surface area contributed by atoms with Gasteiger partial charge in [0.15, 0.2) is 4.34 Å². The first-order chi connectivity index (χ1) is 11.3. The van der Waals surface area contributed by atoms with Crippen LogP contribution in [0.3, 0.4) is 0 Å². The summed E-state index contributed by atoms with van der Waals surface area (Å²) in [6.45, 7) is 3.72. The van der Waals surface area contributed by atoms with E-state index in [0.717, 1.165) is 47.0 Å². The molecule has 0 spiro atoms. The molecule has 23 heavy (non-hydrogen) atoms. The third kappa shape index (κ3) is 3.39. The molecule has 1 aliphatic heterocycles. The van der Waals surface area contributed by atoms with Crippen molar-refractivity contribution in [3.05, 3.63) is 36.2 Å². The van der Waals surface area contributed by atoms with Crippen molar-refractivity contribution >= 4 is 34.0 Å². The molecule has 0 amide bonds. The van der Waals surface area contributed by atoms with E-state index in [2.05, 4.69) is 33.4 Å². The van der Waals surface area contributed by atoms with E-state index in [4.69, 9.17) is 4.74 Å². The second-order valence-corrected chi connectivity index (χ2v) is 8.26. The second kappa shape index (κ2) is 6.55. The van der Waals surface area contributed by atoms with Crippen LogP contribution in [0, 0.1) is 6.92 Å². The van der Waals surface area contributed by atoms with Gasteiger partial charge >= 0.3 is 0 Å². The van der Waals surface area contributed by atoms with Gasteiger partial charge in [-0.1, -0.05) is 17.8 Å². The van der Waals surface area contributed by atoms with Crippen LogP contribution in [-0.4, -0.2) is 33.6 Å². The highest BCUT2D eigenvalue weighted by atomic mass is 32.2. The van der Waals surface area contributed by atoms with Crippen molar-refractivity contribution in [3.63, 3.8) is 0 Å². The van der Waals surface area contributed by atoms with Crippen LogP contribution in [0.5, 0.6) is 0 Å². The van der Waals surface area contributed by atoms with Crippen LogP contribution < -0.4 is 0 Å². The first-order valence-corrected chi connectivity index (χ1v) is 9.42. The number of nitrogens with zero attached hydrogens (tertiary/aromatic N) is 3. The average molecular weight is 343 g/mol. The third-order valence-corrected chi connectivity index (χ3v) is 6.40. The largest absolute Gasteiger partial charge is 0.381 e. The lowest BCUT2D eigenvalue weighted by molar-refractivity contribution is 0.100. The lowest BCUT2D eigenvalue weighted by Crippen LogP contribution is -2.17. The zero-order valence-corrected chi connectivity index (χ0v) is 14.5. The van der Waals surface area contributed by atoms with Crippen LogP contribution in [0.4, 0.5) is 0 Å². The van der Waals surface area contributed by atoms with Gasteiger partial charge in [0, 0.05) is 30.0 Å². The van der Waals surface area contributed by atoms with Gasteiger partial charge in [-0.25, -0.2) is 4.98 Å². The maximum Gasteiger partial charge on any atom is 0.150 e. The van der Waals surface area contributed by atoms with Gasteiger partial charge in [0.1, 0.15) is 0 Å². The molecule has 6 heteroatoms. The zero-order chi connectivity index (χ0) is 15.6. The van der Waals surface area contributed by atoms with Gasteiger partial charge in [0.2, 0.25) is 0 Å². The van der Waals surface area contributed by atoms with E-state index in [-0.39, 0.29) is 0 Å². The molecule has 3 heterocycles. The predicted molar refractivity (Wildman–Crippen MR) is 95.1 cm³/mol. The molecule has 0 unspecified atom stereocenters. The molecule has 0 bridgehead atoms. The number of hydrogen-bond acceptors (Lipinski definition) is 6. The summed E-state index contributed by atoms with van der Waals surface area (Å²) in [5, 5.41) is 10.1. The summed E-state index contributed by atoms with van der Waals surface area (Å²) >= 11 is 3.66. The molecule has 3 aromatic rings. The summed E-state index contributed by atoms with van der Waals surface area (Å²) in [5.74, 6) is 0. The Morgan fingerprint density at radius 1 is 1.17 bits per heavy atom. The van der Waals surface area contributed by atoms with Gasteiger partial charge in [-0.15, -0.1) is 11.3 Å². The van der Waals surface area contributed by atoms with Crippen LogP contribution in [0.2, 0.25) is 0 Å². The Bertz CT molecular complexity index is 828. The smallest absolute Gasteiger partial charge is 0.150 e. The van der Waals surface area contributed by atoms with Gasteiger partial charge in [-0.3, -0.25) is 0 Å². The van der Waals surface area contributed by atoms with Crippen molar-refractivity contribution in [1.29, 1.82) is 0 Å². The molecule has 4 nitrogen and oxygen atoms in total. The van der Waals surface area contributed by atoms with E-state index >= 15 is 0 Å². The molecule has 1 aromatic carbocycles. The fourth-order valence-electron chi connectivity index (χ4n) is 2.68. The van der Waals surface area contributed by atoms with Crippen molar-refractivity contribution in [3.8, 4) is 10.4 Å². The number of rotatable bonds is 3. The maximum atomic E-state index is 5.42. The Balaban J connectivity index is 1.58. The summed E-state index contributed by atoms with van der Waals surface area (Å²) in [5.41, 5.74) is 3.07. The summed E-state index contributed by atoms with van der Waals surface area (Å²) in [6.07, 6.45) is 4.22. The molecule has 2 aromatic heterocycles. The SMILES string of the molecule is Cc1cc2cc(-c3cnc(SC4CCOCC4)s3)ccc2nn1. The van der Waals surface area contributed by atoms with E-state index in [1.165, 1.54) is 10.4 Å². The number of fused-ring (bicyclic) bond motifs is 1.